The third-order valence-corrected chi connectivity index (χ3v) is 2.43. The van der Waals surface area contributed by atoms with Crippen molar-refractivity contribution in [1.82, 2.24) is 10.3 Å². The topological polar surface area (TPSA) is 27.8 Å². The fourth-order valence-corrected chi connectivity index (χ4v) is 1.55. The maximum atomic E-state index is 3.43. The SMILES string of the molecule is CCCCCCCNCc1ccc[nH]1. The van der Waals surface area contributed by atoms with Crippen LogP contribution < -0.4 is 5.32 Å². The number of unbranched alkanes of at least 4 members (excludes halogenated alkanes) is 4. The van der Waals surface area contributed by atoms with Crippen molar-refractivity contribution in [3.05, 3.63) is 24.0 Å². The predicted octanol–water partition coefficient (Wildman–Crippen LogP) is 3.07. The largest absolute Gasteiger partial charge is 0.364 e. The third-order valence-electron chi connectivity index (χ3n) is 2.43. The highest BCUT2D eigenvalue weighted by Gasteiger charge is 1.92. The van der Waals surface area contributed by atoms with E-state index in [4.69, 9.17) is 0 Å². The smallest absolute Gasteiger partial charge is 0.0357 e. The van der Waals surface area contributed by atoms with Crippen LogP contribution in [0.2, 0.25) is 0 Å². The van der Waals surface area contributed by atoms with E-state index < -0.39 is 0 Å². The van der Waals surface area contributed by atoms with E-state index in [0.29, 0.717) is 0 Å². The summed E-state index contributed by atoms with van der Waals surface area (Å²) in [4.78, 5) is 3.19. The summed E-state index contributed by atoms with van der Waals surface area (Å²) in [5.74, 6) is 0. The molecular weight excluding hydrogens is 172 g/mol. The molecule has 0 atom stereocenters. The Labute approximate surface area is 87.1 Å². The Hall–Kier alpha value is -0.760. The first-order valence-electron chi connectivity index (χ1n) is 5.76. The number of hydrogen-bond acceptors (Lipinski definition) is 1. The highest BCUT2D eigenvalue weighted by molar-refractivity contribution is 5.02. The van der Waals surface area contributed by atoms with Crippen LogP contribution in [0.5, 0.6) is 0 Å². The van der Waals surface area contributed by atoms with E-state index in [1.807, 2.05) is 12.3 Å². The highest BCUT2D eigenvalue weighted by Crippen LogP contribution is 2.01. The van der Waals surface area contributed by atoms with Crippen LogP contribution in [-0.2, 0) is 6.54 Å². The molecule has 0 bridgehead atoms. The second-order valence-electron chi connectivity index (χ2n) is 3.79. The minimum absolute atomic E-state index is 0.973. The van der Waals surface area contributed by atoms with Crippen LogP contribution in [0.15, 0.2) is 18.3 Å². The Morgan fingerprint density at radius 1 is 1.21 bits per heavy atom. The molecule has 0 spiro atoms. The third kappa shape index (κ3) is 5.07. The van der Waals surface area contributed by atoms with E-state index in [-0.39, 0.29) is 0 Å². The number of aromatic nitrogens is 1. The van der Waals surface area contributed by atoms with Gasteiger partial charge in [-0.05, 0) is 25.1 Å². The lowest BCUT2D eigenvalue weighted by atomic mass is 10.1. The van der Waals surface area contributed by atoms with Gasteiger partial charge in [0.1, 0.15) is 0 Å². The van der Waals surface area contributed by atoms with Gasteiger partial charge >= 0.3 is 0 Å². The van der Waals surface area contributed by atoms with Gasteiger partial charge in [0.05, 0.1) is 0 Å². The molecule has 0 saturated carbocycles. The maximum Gasteiger partial charge on any atom is 0.0357 e. The van der Waals surface area contributed by atoms with Gasteiger partial charge in [-0.25, -0.2) is 0 Å². The number of aromatic amines is 1. The van der Waals surface area contributed by atoms with Crippen molar-refractivity contribution in [2.45, 2.75) is 45.6 Å². The number of hydrogen-bond donors (Lipinski definition) is 2. The Morgan fingerprint density at radius 2 is 2.07 bits per heavy atom. The van der Waals surface area contributed by atoms with E-state index in [2.05, 4.69) is 23.3 Å². The van der Waals surface area contributed by atoms with Gasteiger partial charge in [-0.2, -0.15) is 0 Å². The van der Waals surface area contributed by atoms with Crippen molar-refractivity contribution >= 4 is 0 Å². The fourth-order valence-electron chi connectivity index (χ4n) is 1.55. The minimum atomic E-state index is 0.973. The van der Waals surface area contributed by atoms with E-state index in [1.165, 1.54) is 37.8 Å². The van der Waals surface area contributed by atoms with Crippen molar-refractivity contribution in [2.75, 3.05) is 6.54 Å². The van der Waals surface area contributed by atoms with Crippen molar-refractivity contribution in [2.24, 2.45) is 0 Å². The number of nitrogens with one attached hydrogen (secondary N) is 2. The molecule has 2 N–H and O–H groups in total. The first-order valence-corrected chi connectivity index (χ1v) is 5.76. The van der Waals surface area contributed by atoms with E-state index in [1.54, 1.807) is 0 Å². The Morgan fingerprint density at radius 3 is 2.79 bits per heavy atom. The van der Waals surface area contributed by atoms with Crippen molar-refractivity contribution in [1.29, 1.82) is 0 Å². The molecule has 0 aliphatic heterocycles. The predicted molar refractivity (Wildman–Crippen MR) is 61.3 cm³/mol. The molecule has 1 rings (SSSR count). The quantitative estimate of drug-likeness (QED) is 0.612. The van der Waals surface area contributed by atoms with Gasteiger partial charge in [-0.15, -0.1) is 0 Å². The molecule has 0 amide bonds. The van der Waals surface area contributed by atoms with Crippen LogP contribution in [0.1, 0.15) is 44.7 Å². The summed E-state index contributed by atoms with van der Waals surface area (Å²) in [5, 5.41) is 3.43. The Balaban J connectivity index is 1.85. The average Bonchev–Trinajstić information content (AvgIpc) is 2.69. The van der Waals surface area contributed by atoms with E-state index in [0.717, 1.165) is 13.1 Å². The van der Waals surface area contributed by atoms with Crippen LogP contribution in [0.4, 0.5) is 0 Å². The summed E-state index contributed by atoms with van der Waals surface area (Å²) in [6.45, 7) is 4.37. The van der Waals surface area contributed by atoms with Gasteiger partial charge in [0.25, 0.3) is 0 Å². The molecule has 2 nitrogen and oxygen atoms in total. The minimum Gasteiger partial charge on any atom is -0.364 e. The summed E-state index contributed by atoms with van der Waals surface area (Å²) >= 11 is 0. The molecular formula is C12H22N2. The molecule has 1 aromatic rings. The molecule has 14 heavy (non-hydrogen) atoms. The molecule has 1 aromatic heterocycles. The summed E-state index contributed by atoms with van der Waals surface area (Å²) in [6, 6.07) is 4.16. The van der Waals surface area contributed by atoms with Crippen LogP contribution in [0.25, 0.3) is 0 Å². The van der Waals surface area contributed by atoms with Gasteiger partial charge < -0.3 is 10.3 Å². The average molecular weight is 194 g/mol. The highest BCUT2D eigenvalue weighted by atomic mass is 14.9. The summed E-state index contributed by atoms with van der Waals surface area (Å²) in [5.41, 5.74) is 1.28. The lowest BCUT2D eigenvalue weighted by Crippen LogP contribution is -2.14. The van der Waals surface area contributed by atoms with Gasteiger partial charge in [-0.3, -0.25) is 0 Å². The summed E-state index contributed by atoms with van der Waals surface area (Å²) in [6.07, 6.45) is 8.75. The molecule has 0 aliphatic rings. The molecule has 0 saturated heterocycles. The van der Waals surface area contributed by atoms with Crippen LogP contribution in [0.3, 0.4) is 0 Å². The zero-order chi connectivity index (χ0) is 10.1. The molecule has 0 aromatic carbocycles. The van der Waals surface area contributed by atoms with Crippen LogP contribution in [0, 0.1) is 0 Å². The monoisotopic (exact) mass is 194 g/mol. The lowest BCUT2D eigenvalue weighted by Gasteiger charge is -2.02. The Kier molecular flexibility index (Phi) is 6.16. The van der Waals surface area contributed by atoms with Crippen molar-refractivity contribution in [3.63, 3.8) is 0 Å². The van der Waals surface area contributed by atoms with Crippen LogP contribution in [-0.4, -0.2) is 11.5 Å². The van der Waals surface area contributed by atoms with Crippen LogP contribution >= 0.6 is 0 Å². The molecule has 0 fully saturated rings. The molecule has 0 unspecified atom stereocenters. The molecule has 0 aliphatic carbocycles. The molecule has 80 valence electrons. The van der Waals surface area contributed by atoms with Gasteiger partial charge in [0.15, 0.2) is 0 Å². The van der Waals surface area contributed by atoms with E-state index in [9.17, 15) is 0 Å². The second-order valence-corrected chi connectivity index (χ2v) is 3.79. The number of H-pyrrole nitrogens is 1. The first kappa shape index (κ1) is 11.3. The standard InChI is InChI=1S/C12H22N2/c1-2-3-4-5-6-9-13-11-12-8-7-10-14-12/h7-8,10,13-14H,2-6,9,11H2,1H3. The van der Waals surface area contributed by atoms with Gasteiger partial charge in [0, 0.05) is 18.4 Å². The second kappa shape index (κ2) is 7.63. The molecule has 1 heterocycles. The number of rotatable bonds is 8. The zero-order valence-electron chi connectivity index (χ0n) is 9.18. The summed E-state index contributed by atoms with van der Waals surface area (Å²) in [7, 11) is 0. The van der Waals surface area contributed by atoms with Crippen molar-refractivity contribution in [3.8, 4) is 0 Å². The lowest BCUT2D eigenvalue weighted by molar-refractivity contribution is 0.581. The first-order chi connectivity index (χ1) is 6.93. The zero-order valence-corrected chi connectivity index (χ0v) is 9.18. The van der Waals surface area contributed by atoms with Crippen molar-refractivity contribution < 1.29 is 0 Å². The Bertz CT molecular complexity index is 204. The summed E-state index contributed by atoms with van der Waals surface area (Å²) < 4.78 is 0. The normalized spacial score (nSPS) is 10.6. The molecule has 0 radical (unpaired) electrons. The fraction of sp³-hybridized carbons (Fsp3) is 0.667. The maximum absolute atomic E-state index is 3.43. The van der Waals surface area contributed by atoms with E-state index >= 15 is 0 Å². The van der Waals surface area contributed by atoms with Gasteiger partial charge in [-0.1, -0.05) is 32.6 Å². The molecule has 2 heteroatoms. The van der Waals surface area contributed by atoms with Gasteiger partial charge in [0.2, 0.25) is 0 Å².